The monoisotopic (exact) mass is 257 g/mol. The van der Waals surface area contributed by atoms with E-state index in [-0.39, 0.29) is 0 Å². The van der Waals surface area contributed by atoms with Crippen LogP contribution < -0.4 is 5.09 Å². The number of piperidine rings is 2. The zero-order valence-electron chi connectivity index (χ0n) is 11.2. The number of nitrogens with one attached hydrogen (secondary N) is 1. The molecule has 1 atom stereocenters. The van der Waals surface area contributed by atoms with Gasteiger partial charge in [0.15, 0.2) is 0 Å². The van der Waals surface area contributed by atoms with Crippen LogP contribution in [-0.2, 0) is 0 Å². The second-order valence-electron chi connectivity index (χ2n) is 5.90. The molecule has 2 rings (SSSR count). The van der Waals surface area contributed by atoms with Gasteiger partial charge in [-0.3, -0.25) is 0 Å². The molecular weight excluding hydrogens is 229 g/mol. The van der Waals surface area contributed by atoms with Gasteiger partial charge in [-0.25, -0.2) is 0 Å². The molecule has 1 unspecified atom stereocenters. The Morgan fingerprint density at radius 2 is 1.59 bits per heavy atom. The van der Waals surface area contributed by atoms with E-state index in [0.717, 1.165) is 11.8 Å². The third-order valence-electron chi connectivity index (χ3n) is 4.47. The van der Waals surface area contributed by atoms with Crippen LogP contribution in [0.1, 0.15) is 25.7 Å². The molecule has 1 N–H and O–H groups in total. The molecule has 3 nitrogen and oxygen atoms in total. The molecular formula is C13H28N3P. The molecule has 0 aromatic rings. The van der Waals surface area contributed by atoms with Crippen molar-refractivity contribution >= 4 is 9.39 Å². The Morgan fingerprint density at radius 3 is 2.18 bits per heavy atom. The predicted molar refractivity (Wildman–Crippen MR) is 77.1 cm³/mol. The highest BCUT2D eigenvalue weighted by atomic mass is 31.0. The van der Waals surface area contributed by atoms with E-state index in [1.54, 1.807) is 0 Å². The van der Waals surface area contributed by atoms with Crippen molar-refractivity contribution in [1.29, 1.82) is 0 Å². The smallest absolute Gasteiger partial charge is 0.00149 e. The molecule has 0 radical (unpaired) electrons. The van der Waals surface area contributed by atoms with Gasteiger partial charge in [-0.2, -0.15) is 0 Å². The van der Waals surface area contributed by atoms with Crippen molar-refractivity contribution in [2.75, 3.05) is 46.3 Å². The second-order valence-corrected chi connectivity index (χ2v) is 6.31. The first-order chi connectivity index (χ1) is 8.28. The van der Waals surface area contributed by atoms with Gasteiger partial charge >= 0.3 is 0 Å². The number of hydrogen-bond acceptors (Lipinski definition) is 3. The second kappa shape index (κ2) is 7.04. The van der Waals surface area contributed by atoms with Gasteiger partial charge in [0.1, 0.15) is 0 Å². The van der Waals surface area contributed by atoms with E-state index in [1.807, 2.05) is 0 Å². The van der Waals surface area contributed by atoms with E-state index in [4.69, 9.17) is 0 Å². The molecule has 2 heterocycles. The summed E-state index contributed by atoms with van der Waals surface area (Å²) in [4.78, 5) is 5.17. The first kappa shape index (κ1) is 13.7. The van der Waals surface area contributed by atoms with Gasteiger partial charge < -0.3 is 14.9 Å². The van der Waals surface area contributed by atoms with Gasteiger partial charge in [-0.15, -0.1) is 0 Å². The average molecular weight is 257 g/mol. The van der Waals surface area contributed by atoms with Crippen LogP contribution in [0.4, 0.5) is 0 Å². The Kier molecular flexibility index (Phi) is 5.68. The molecule has 2 saturated heterocycles. The fourth-order valence-electron chi connectivity index (χ4n) is 3.15. The standard InChI is InChI=1S/C13H28N3P/c1-15-6-2-13(3-7-15)11-16-8-4-12(5-9-16)10-14-17/h12-14H,2-11,17H2,1H3. The maximum atomic E-state index is 3.23. The molecule has 2 aliphatic heterocycles. The average Bonchev–Trinajstić information content (AvgIpc) is 2.35. The molecule has 100 valence electrons. The van der Waals surface area contributed by atoms with Gasteiger partial charge in [0.05, 0.1) is 0 Å². The minimum atomic E-state index is 0.904. The van der Waals surface area contributed by atoms with E-state index in [1.165, 1.54) is 65.0 Å². The van der Waals surface area contributed by atoms with Crippen LogP contribution in [0.25, 0.3) is 0 Å². The molecule has 0 bridgehead atoms. The van der Waals surface area contributed by atoms with E-state index >= 15 is 0 Å². The van der Waals surface area contributed by atoms with Gasteiger partial charge in [0.25, 0.3) is 0 Å². The van der Waals surface area contributed by atoms with Crippen LogP contribution in [0, 0.1) is 11.8 Å². The van der Waals surface area contributed by atoms with Crippen molar-refractivity contribution in [2.45, 2.75) is 25.7 Å². The minimum absolute atomic E-state index is 0.904. The molecule has 0 amide bonds. The summed E-state index contributed by atoms with van der Waals surface area (Å²) in [6, 6.07) is 0. The topological polar surface area (TPSA) is 18.5 Å². The lowest BCUT2D eigenvalue weighted by atomic mass is 9.93. The van der Waals surface area contributed by atoms with Gasteiger partial charge in [-0.05, 0) is 70.7 Å². The van der Waals surface area contributed by atoms with Crippen LogP contribution in [-0.4, -0.2) is 56.1 Å². The lowest BCUT2D eigenvalue weighted by Crippen LogP contribution is -2.41. The van der Waals surface area contributed by atoms with E-state index in [9.17, 15) is 0 Å². The molecule has 2 fully saturated rings. The fourth-order valence-corrected chi connectivity index (χ4v) is 3.48. The van der Waals surface area contributed by atoms with Gasteiger partial charge in [0, 0.05) is 13.1 Å². The lowest BCUT2D eigenvalue weighted by molar-refractivity contribution is 0.128. The van der Waals surface area contributed by atoms with E-state index in [0.29, 0.717) is 0 Å². The van der Waals surface area contributed by atoms with Crippen molar-refractivity contribution < 1.29 is 0 Å². The summed E-state index contributed by atoms with van der Waals surface area (Å²) in [5.41, 5.74) is 0. The summed E-state index contributed by atoms with van der Waals surface area (Å²) in [7, 11) is 4.87. The summed E-state index contributed by atoms with van der Waals surface area (Å²) >= 11 is 0. The third kappa shape index (κ3) is 4.48. The first-order valence-electron chi connectivity index (χ1n) is 7.12. The Balaban J connectivity index is 1.64. The molecule has 0 saturated carbocycles. The molecule has 0 aliphatic carbocycles. The maximum absolute atomic E-state index is 3.23. The summed E-state index contributed by atoms with van der Waals surface area (Å²) in [6.07, 6.45) is 5.58. The van der Waals surface area contributed by atoms with Crippen LogP contribution >= 0.6 is 9.39 Å². The molecule has 4 heteroatoms. The highest BCUT2D eigenvalue weighted by Gasteiger charge is 2.23. The molecule has 0 aromatic carbocycles. The summed E-state index contributed by atoms with van der Waals surface area (Å²) < 4.78 is 0. The molecule has 0 spiro atoms. The number of hydrogen-bond donors (Lipinski definition) is 1. The van der Waals surface area contributed by atoms with Crippen LogP contribution in [0.2, 0.25) is 0 Å². The lowest BCUT2D eigenvalue weighted by Gasteiger charge is -2.36. The Hall–Kier alpha value is 0.310. The molecule has 17 heavy (non-hydrogen) atoms. The molecule has 2 aliphatic rings. The van der Waals surface area contributed by atoms with Crippen molar-refractivity contribution in [3.63, 3.8) is 0 Å². The van der Waals surface area contributed by atoms with Crippen LogP contribution in [0.5, 0.6) is 0 Å². The summed E-state index contributed by atoms with van der Waals surface area (Å²) in [6.45, 7) is 7.78. The quantitative estimate of drug-likeness (QED) is 0.769. The third-order valence-corrected chi connectivity index (χ3v) is 4.70. The highest BCUT2D eigenvalue weighted by Crippen LogP contribution is 2.21. The van der Waals surface area contributed by atoms with Gasteiger partial charge in [0.2, 0.25) is 0 Å². The Labute approximate surface area is 109 Å². The van der Waals surface area contributed by atoms with Crippen LogP contribution in [0.3, 0.4) is 0 Å². The van der Waals surface area contributed by atoms with Gasteiger partial charge in [-0.1, -0.05) is 9.39 Å². The highest BCUT2D eigenvalue weighted by molar-refractivity contribution is 7.13. The SMILES string of the molecule is CN1CCC(CN2CCC(CNP)CC2)CC1. The van der Waals surface area contributed by atoms with Crippen molar-refractivity contribution in [3.8, 4) is 0 Å². The zero-order valence-corrected chi connectivity index (χ0v) is 12.4. The summed E-state index contributed by atoms with van der Waals surface area (Å²) in [5.74, 6) is 1.86. The minimum Gasteiger partial charge on any atom is -0.306 e. The van der Waals surface area contributed by atoms with E-state index < -0.39 is 0 Å². The maximum Gasteiger partial charge on any atom is 0.00149 e. The zero-order chi connectivity index (χ0) is 12.1. The van der Waals surface area contributed by atoms with Crippen molar-refractivity contribution in [2.24, 2.45) is 11.8 Å². The Bertz CT molecular complexity index is 209. The number of likely N-dealkylation sites (tertiary alicyclic amines) is 2. The largest absolute Gasteiger partial charge is 0.306 e. The normalized spacial score (nSPS) is 26.5. The fraction of sp³-hybridized carbons (Fsp3) is 1.00. The number of rotatable bonds is 4. The summed E-state index contributed by atoms with van der Waals surface area (Å²) in [5, 5.41) is 3.23. The van der Waals surface area contributed by atoms with Crippen molar-refractivity contribution in [3.05, 3.63) is 0 Å². The Morgan fingerprint density at radius 1 is 1.00 bits per heavy atom. The molecule has 0 aromatic heterocycles. The first-order valence-corrected chi connectivity index (χ1v) is 7.70. The van der Waals surface area contributed by atoms with Crippen molar-refractivity contribution in [1.82, 2.24) is 14.9 Å². The number of nitrogens with zero attached hydrogens (tertiary/aromatic N) is 2. The van der Waals surface area contributed by atoms with Crippen LogP contribution in [0.15, 0.2) is 0 Å². The predicted octanol–water partition coefficient (Wildman–Crippen LogP) is 1.42. The van der Waals surface area contributed by atoms with E-state index in [2.05, 4.69) is 31.3 Å².